The largest absolute Gasteiger partial charge is 0.460 e. The van der Waals surface area contributed by atoms with E-state index in [1.807, 2.05) is 11.8 Å². The zero-order valence-corrected chi connectivity index (χ0v) is 15.0. The molecule has 2 aliphatic heterocycles. The summed E-state index contributed by atoms with van der Waals surface area (Å²) in [5.74, 6) is -0.0960. The molecule has 0 aromatic rings. The first-order chi connectivity index (χ1) is 11.6. The number of carbonyl (C=O) groups is 2. The zero-order chi connectivity index (χ0) is 17.4. The monoisotopic (exact) mass is 341 g/mol. The van der Waals surface area contributed by atoms with Crippen molar-refractivity contribution in [3.05, 3.63) is 0 Å². The smallest absolute Gasteiger partial charge is 0.335 e. The molecule has 0 bridgehead atoms. The van der Waals surface area contributed by atoms with Crippen molar-refractivity contribution in [2.75, 3.05) is 52.4 Å². The lowest BCUT2D eigenvalue weighted by Gasteiger charge is -2.33. The average molecular weight is 341 g/mol. The molecule has 2 heterocycles. The number of hydrogen-bond donors (Lipinski definition) is 1. The second kappa shape index (κ2) is 9.96. The molecule has 2 rings (SSSR count). The van der Waals surface area contributed by atoms with Crippen LogP contribution >= 0.6 is 0 Å². The number of piperidine rings is 1. The number of carbonyl (C=O) groups excluding carboxylic acids is 2. The molecule has 0 radical (unpaired) electrons. The molecule has 0 aliphatic carbocycles. The van der Waals surface area contributed by atoms with E-state index in [-0.39, 0.29) is 18.0 Å². The highest BCUT2D eigenvalue weighted by Crippen LogP contribution is 2.16. The first-order valence-corrected chi connectivity index (χ1v) is 9.13. The Balaban J connectivity index is 1.64. The van der Waals surface area contributed by atoms with E-state index in [0.29, 0.717) is 39.0 Å². The Morgan fingerprint density at radius 2 is 1.83 bits per heavy atom. The summed E-state index contributed by atoms with van der Waals surface area (Å²) in [6.45, 7) is 10.3. The van der Waals surface area contributed by atoms with Gasteiger partial charge in [0.15, 0.2) is 6.10 Å². The molecule has 0 aromatic carbocycles. The van der Waals surface area contributed by atoms with Crippen LogP contribution in [-0.4, -0.2) is 86.3 Å². The van der Waals surface area contributed by atoms with Gasteiger partial charge in [-0.25, -0.2) is 4.79 Å². The summed E-state index contributed by atoms with van der Waals surface area (Å²) in [4.78, 5) is 28.4. The minimum absolute atomic E-state index is 0.0994. The van der Waals surface area contributed by atoms with Gasteiger partial charge < -0.3 is 24.6 Å². The molecule has 7 heteroatoms. The number of esters is 1. The van der Waals surface area contributed by atoms with Gasteiger partial charge in [-0.1, -0.05) is 0 Å². The fourth-order valence-corrected chi connectivity index (χ4v) is 3.15. The van der Waals surface area contributed by atoms with Crippen LogP contribution in [-0.2, 0) is 19.1 Å². The molecule has 1 atom stereocenters. The molecular formula is C17H31N3O4. The zero-order valence-electron chi connectivity index (χ0n) is 15.0. The third-order valence-electron chi connectivity index (χ3n) is 4.68. The standard InChI is InChI=1S/C17H31N3O4/c1-3-23-14(2)17(22)24-15-4-10-20(11-5-15)16(21)6-9-19-12-7-18-8-13-19/h14-15,18H,3-13H2,1-2H3. The van der Waals surface area contributed by atoms with Crippen molar-refractivity contribution >= 4 is 11.9 Å². The maximum absolute atomic E-state index is 12.3. The van der Waals surface area contributed by atoms with E-state index in [2.05, 4.69) is 10.2 Å². The Kier molecular flexibility index (Phi) is 7.94. The normalized spacial score (nSPS) is 21.5. The van der Waals surface area contributed by atoms with Gasteiger partial charge in [0, 0.05) is 71.7 Å². The van der Waals surface area contributed by atoms with Gasteiger partial charge in [0.05, 0.1) is 0 Å². The van der Waals surface area contributed by atoms with Crippen molar-refractivity contribution in [3.63, 3.8) is 0 Å². The van der Waals surface area contributed by atoms with Gasteiger partial charge in [0.2, 0.25) is 5.91 Å². The number of amides is 1. The Morgan fingerprint density at radius 3 is 2.46 bits per heavy atom. The lowest BCUT2D eigenvalue weighted by Crippen LogP contribution is -2.46. The van der Waals surface area contributed by atoms with E-state index in [4.69, 9.17) is 9.47 Å². The molecule has 2 saturated heterocycles. The molecule has 1 amide bonds. The van der Waals surface area contributed by atoms with Gasteiger partial charge in [0.1, 0.15) is 6.10 Å². The number of rotatable bonds is 7. The number of hydrogen-bond acceptors (Lipinski definition) is 6. The lowest BCUT2D eigenvalue weighted by atomic mass is 10.1. The predicted octanol–water partition coefficient (Wildman–Crippen LogP) is 0.241. The first kappa shape index (κ1) is 19.1. The van der Waals surface area contributed by atoms with Gasteiger partial charge in [0.25, 0.3) is 0 Å². The molecule has 1 unspecified atom stereocenters. The van der Waals surface area contributed by atoms with E-state index >= 15 is 0 Å². The summed E-state index contributed by atoms with van der Waals surface area (Å²) in [7, 11) is 0. The molecular weight excluding hydrogens is 310 g/mol. The van der Waals surface area contributed by atoms with Crippen LogP contribution < -0.4 is 5.32 Å². The highest BCUT2D eigenvalue weighted by molar-refractivity contribution is 5.76. The number of nitrogens with zero attached hydrogens (tertiary/aromatic N) is 2. The topological polar surface area (TPSA) is 71.1 Å². The van der Waals surface area contributed by atoms with Crippen molar-refractivity contribution in [1.29, 1.82) is 0 Å². The van der Waals surface area contributed by atoms with Crippen molar-refractivity contribution in [1.82, 2.24) is 15.1 Å². The Morgan fingerprint density at radius 1 is 1.17 bits per heavy atom. The third-order valence-corrected chi connectivity index (χ3v) is 4.68. The number of ether oxygens (including phenoxy) is 2. The van der Waals surface area contributed by atoms with Gasteiger partial charge >= 0.3 is 5.97 Å². The Hall–Kier alpha value is -1.18. The van der Waals surface area contributed by atoms with Crippen molar-refractivity contribution in [2.45, 2.75) is 45.3 Å². The van der Waals surface area contributed by atoms with Crippen LogP contribution in [0.25, 0.3) is 0 Å². The van der Waals surface area contributed by atoms with Crippen molar-refractivity contribution in [3.8, 4) is 0 Å². The minimum atomic E-state index is -0.520. The number of nitrogens with one attached hydrogen (secondary N) is 1. The molecule has 0 spiro atoms. The molecule has 138 valence electrons. The molecule has 2 aliphatic rings. The number of likely N-dealkylation sites (tertiary alicyclic amines) is 1. The first-order valence-electron chi connectivity index (χ1n) is 9.13. The summed E-state index contributed by atoms with van der Waals surface area (Å²) in [5.41, 5.74) is 0. The summed E-state index contributed by atoms with van der Waals surface area (Å²) in [6.07, 6.45) is 1.38. The quantitative estimate of drug-likeness (QED) is 0.669. The van der Waals surface area contributed by atoms with Crippen LogP contribution in [0.15, 0.2) is 0 Å². The Bertz CT molecular complexity index is 405. The fourth-order valence-electron chi connectivity index (χ4n) is 3.15. The van der Waals surface area contributed by atoms with E-state index in [1.165, 1.54) is 0 Å². The predicted molar refractivity (Wildman–Crippen MR) is 90.7 cm³/mol. The Labute approximate surface area is 144 Å². The van der Waals surface area contributed by atoms with Gasteiger partial charge in [-0.15, -0.1) is 0 Å². The molecule has 0 aromatic heterocycles. The third kappa shape index (κ3) is 6.03. The highest BCUT2D eigenvalue weighted by atomic mass is 16.6. The average Bonchev–Trinajstić information content (AvgIpc) is 2.61. The van der Waals surface area contributed by atoms with Crippen LogP contribution in [0, 0.1) is 0 Å². The fraction of sp³-hybridized carbons (Fsp3) is 0.882. The summed E-state index contributed by atoms with van der Waals surface area (Å²) < 4.78 is 10.7. The van der Waals surface area contributed by atoms with Crippen LogP contribution in [0.5, 0.6) is 0 Å². The minimum Gasteiger partial charge on any atom is -0.460 e. The van der Waals surface area contributed by atoms with Crippen LogP contribution in [0.2, 0.25) is 0 Å². The van der Waals surface area contributed by atoms with Crippen LogP contribution in [0.3, 0.4) is 0 Å². The second-order valence-corrected chi connectivity index (χ2v) is 6.46. The lowest BCUT2D eigenvalue weighted by molar-refractivity contribution is -0.163. The SMILES string of the molecule is CCOC(C)C(=O)OC1CCN(C(=O)CCN2CCNCC2)CC1. The van der Waals surface area contributed by atoms with E-state index in [1.54, 1.807) is 6.92 Å². The number of piperazine rings is 1. The van der Waals surface area contributed by atoms with Crippen LogP contribution in [0.4, 0.5) is 0 Å². The van der Waals surface area contributed by atoms with E-state index in [0.717, 1.165) is 32.7 Å². The van der Waals surface area contributed by atoms with E-state index < -0.39 is 6.10 Å². The second-order valence-electron chi connectivity index (χ2n) is 6.46. The molecule has 24 heavy (non-hydrogen) atoms. The maximum Gasteiger partial charge on any atom is 0.335 e. The van der Waals surface area contributed by atoms with Crippen molar-refractivity contribution in [2.24, 2.45) is 0 Å². The van der Waals surface area contributed by atoms with Crippen LogP contribution in [0.1, 0.15) is 33.1 Å². The van der Waals surface area contributed by atoms with E-state index in [9.17, 15) is 9.59 Å². The molecule has 2 fully saturated rings. The molecule has 1 N–H and O–H groups in total. The maximum atomic E-state index is 12.3. The molecule has 0 saturated carbocycles. The van der Waals surface area contributed by atoms with Crippen molar-refractivity contribution < 1.29 is 19.1 Å². The summed E-state index contributed by atoms with van der Waals surface area (Å²) in [6, 6.07) is 0. The van der Waals surface area contributed by atoms with Gasteiger partial charge in [-0.05, 0) is 13.8 Å². The highest BCUT2D eigenvalue weighted by Gasteiger charge is 2.27. The van der Waals surface area contributed by atoms with Gasteiger partial charge in [-0.3, -0.25) is 4.79 Å². The molecule has 7 nitrogen and oxygen atoms in total. The summed E-state index contributed by atoms with van der Waals surface area (Å²) in [5, 5.41) is 3.31. The van der Waals surface area contributed by atoms with Gasteiger partial charge in [-0.2, -0.15) is 0 Å². The summed E-state index contributed by atoms with van der Waals surface area (Å²) >= 11 is 0.